The average molecular weight is 249 g/mol. The predicted molar refractivity (Wildman–Crippen MR) is 69.7 cm³/mol. The number of carbonyl (C=O) groups excluding carboxylic acids is 1. The number of halogens is 1. The topological polar surface area (TPSA) is 58.4 Å². The summed E-state index contributed by atoms with van der Waals surface area (Å²) in [6, 6.07) is 4.07. The second-order valence-corrected chi connectivity index (χ2v) is 3.64. The number of hydrogen-bond donors (Lipinski definition) is 2. The summed E-state index contributed by atoms with van der Waals surface area (Å²) < 4.78 is 13.6. The van der Waals surface area contributed by atoms with Crippen molar-refractivity contribution in [1.82, 2.24) is 4.90 Å². The van der Waals surface area contributed by atoms with Crippen LogP contribution in [0.25, 0.3) is 0 Å². The summed E-state index contributed by atoms with van der Waals surface area (Å²) >= 11 is 0. The van der Waals surface area contributed by atoms with E-state index in [0.29, 0.717) is 12.2 Å². The predicted octanol–water partition coefficient (Wildman–Crippen LogP) is 1.62. The van der Waals surface area contributed by atoms with Gasteiger partial charge >= 0.3 is 6.03 Å². The van der Waals surface area contributed by atoms with Crippen molar-refractivity contribution in [3.63, 3.8) is 0 Å². The van der Waals surface area contributed by atoms with Gasteiger partial charge in [0.05, 0.1) is 12.1 Å². The van der Waals surface area contributed by atoms with Crippen LogP contribution >= 0.6 is 0 Å². The standard InChI is InChI=1S/C13H16FN3O/c1-3-17(2)13(18)16-11-7-6-10(5-4-8-15)12(14)9-11/h6-7,9H,3,8,15H2,1-2H3,(H,16,18). The molecule has 18 heavy (non-hydrogen) atoms. The largest absolute Gasteiger partial charge is 0.328 e. The zero-order valence-corrected chi connectivity index (χ0v) is 10.5. The molecule has 0 radical (unpaired) electrons. The molecule has 3 N–H and O–H groups in total. The molecule has 4 nitrogen and oxygen atoms in total. The third-order valence-corrected chi connectivity index (χ3v) is 2.37. The van der Waals surface area contributed by atoms with E-state index in [1.807, 2.05) is 6.92 Å². The van der Waals surface area contributed by atoms with Gasteiger partial charge in [0.15, 0.2) is 0 Å². The molecule has 0 bridgehead atoms. The lowest BCUT2D eigenvalue weighted by molar-refractivity contribution is 0.224. The van der Waals surface area contributed by atoms with E-state index in [2.05, 4.69) is 17.2 Å². The lowest BCUT2D eigenvalue weighted by Crippen LogP contribution is -2.30. The molecule has 96 valence electrons. The fourth-order valence-corrected chi connectivity index (χ4v) is 1.20. The van der Waals surface area contributed by atoms with Gasteiger partial charge < -0.3 is 16.0 Å². The first-order chi connectivity index (χ1) is 8.58. The van der Waals surface area contributed by atoms with Crippen LogP contribution in [0, 0.1) is 17.7 Å². The van der Waals surface area contributed by atoms with Gasteiger partial charge in [-0.25, -0.2) is 9.18 Å². The van der Waals surface area contributed by atoms with Crippen molar-refractivity contribution in [1.29, 1.82) is 0 Å². The molecule has 1 rings (SSSR count). The number of nitrogens with one attached hydrogen (secondary N) is 1. The highest BCUT2D eigenvalue weighted by Gasteiger charge is 2.08. The minimum absolute atomic E-state index is 0.180. The maximum absolute atomic E-state index is 13.6. The van der Waals surface area contributed by atoms with Gasteiger partial charge in [0.2, 0.25) is 0 Å². The number of anilines is 1. The van der Waals surface area contributed by atoms with Crippen molar-refractivity contribution in [2.24, 2.45) is 5.73 Å². The van der Waals surface area contributed by atoms with Crippen molar-refractivity contribution in [2.45, 2.75) is 6.92 Å². The maximum Gasteiger partial charge on any atom is 0.321 e. The SMILES string of the molecule is CCN(C)C(=O)Nc1ccc(C#CCN)c(F)c1. The normalized spacial score (nSPS) is 9.33. The first-order valence-electron chi connectivity index (χ1n) is 5.59. The first-order valence-corrected chi connectivity index (χ1v) is 5.59. The highest BCUT2D eigenvalue weighted by molar-refractivity contribution is 5.89. The van der Waals surface area contributed by atoms with Crippen LogP contribution in [0.1, 0.15) is 12.5 Å². The van der Waals surface area contributed by atoms with E-state index >= 15 is 0 Å². The second kappa shape index (κ2) is 6.62. The van der Waals surface area contributed by atoms with Crippen LogP contribution in [0.3, 0.4) is 0 Å². The fraction of sp³-hybridized carbons (Fsp3) is 0.308. The molecule has 0 aliphatic carbocycles. The number of rotatable bonds is 2. The van der Waals surface area contributed by atoms with Crippen molar-refractivity contribution >= 4 is 11.7 Å². The average Bonchev–Trinajstić information content (AvgIpc) is 2.36. The van der Waals surface area contributed by atoms with E-state index in [1.54, 1.807) is 13.1 Å². The van der Waals surface area contributed by atoms with Crippen molar-refractivity contribution in [3.8, 4) is 11.8 Å². The van der Waals surface area contributed by atoms with Crippen LogP contribution in [0.15, 0.2) is 18.2 Å². The molecule has 2 amide bonds. The molecule has 0 aliphatic heterocycles. The Kier molecular flexibility index (Phi) is 5.15. The van der Waals surface area contributed by atoms with Gasteiger partial charge in [-0.05, 0) is 25.1 Å². The van der Waals surface area contributed by atoms with Crippen LogP contribution in [0.4, 0.5) is 14.9 Å². The van der Waals surface area contributed by atoms with Crippen molar-refractivity contribution in [2.75, 3.05) is 25.5 Å². The summed E-state index contributed by atoms with van der Waals surface area (Å²) in [5.74, 6) is 4.71. The summed E-state index contributed by atoms with van der Waals surface area (Å²) in [6.45, 7) is 2.61. The second-order valence-electron chi connectivity index (χ2n) is 3.64. The lowest BCUT2D eigenvalue weighted by Gasteiger charge is -2.15. The zero-order chi connectivity index (χ0) is 13.5. The third-order valence-electron chi connectivity index (χ3n) is 2.37. The molecule has 0 aliphatic rings. The molecule has 0 atom stereocenters. The summed E-state index contributed by atoms with van der Waals surface area (Å²) in [5, 5.41) is 2.59. The van der Waals surface area contributed by atoms with E-state index < -0.39 is 5.82 Å². The third kappa shape index (κ3) is 3.75. The maximum atomic E-state index is 13.6. The molecular weight excluding hydrogens is 233 g/mol. The van der Waals surface area contributed by atoms with E-state index in [-0.39, 0.29) is 18.1 Å². The van der Waals surface area contributed by atoms with E-state index in [0.717, 1.165) is 0 Å². The molecule has 0 unspecified atom stereocenters. The Labute approximate surface area is 106 Å². The number of carbonyl (C=O) groups is 1. The molecule has 0 heterocycles. The molecule has 0 saturated carbocycles. The van der Waals surface area contributed by atoms with Crippen molar-refractivity contribution < 1.29 is 9.18 Å². The van der Waals surface area contributed by atoms with Gasteiger partial charge in [-0.3, -0.25) is 0 Å². The number of hydrogen-bond acceptors (Lipinski definition) is 2. The minimum atomic E-state index is -0.479. The molecular formula is C13H16FN3O. The number of amides is 2. The molecule has 0 spiro atoms. The molecule has 0 saturated heterocycles. The molecule has 0 fully saturated rings. The number of nitrogens with two attached hydrogens (primary N) is 1. The fourth-order valence-electron chi connectivity index (χ4n) is 1.20. The Morgan fingerprint density at radius 2 is 2.28 bits per heavy atom. The quantitative estimate of drug-likeness (QED) is 0.782. The Hall–Kier alpha value is -2.06. The number of urea groups is 1. The molecule has 5 heteroatoms. The Morgan fingerprint density at radius 1 is 1.56 bits per heavy atom. The highest BCUT2D eigenvalue weighted by Crippen LogP contribution is 2.14. The summed E-state index contributed by atoms with van der Waals surface area (Å²) in [4.78, 5) is 13.0. The van der Waals surface area contributed by atoms with Gasteiger partial charge in [0.1, 0.15) is 5.82 Å². The Morgan fingerprint density at radius 3 is 2.83 bits per heavy atom. The van der Waals surface area contributed by atoms with Gasteiger partial charge in [0.25, 0.3) is 0 Å². The molecule has 0 aromatic heterocycles. The van der Waals surface area contributed by atoms with Crippen LogP contribution in [0.5, 0.6) is 0 Å². The van der Waals surface area contributed by atoms with E-state index in [4.69, 9.17) is 5.73 Å². The van der Waals surface area contributed by atoms with Crippen LogP contribution in [0.2, 0.25) is 0 Å². The number of nitrogens with zero attached hydrogens (tertiary/aromatic N) is 1. The van der Waals surface area contributed by atoms with Gasteiger partial charge in [0, 0.05) is 19.3 Å². The van der Waals surface area contributed by atoms with Gasteiger partial charge in [-0.2, -0.15) is 0 Å². The number of benzene rings is 1. The smallest absolute Gasteiger partial charge is 0.321 e. The monoisotopic (exact) mass is 249 g/mol. The minimum Gasteiger partial charge on any atom is -0.328 e. The lowest BCUT2D eigenvalue weighted by atomic mass is 10.2. The Bertz CT molecular complexity index is 491. The van der Waals surface area contributed by atoms with E-state index in [9.17, 15) is 9.18 Å². The zero-order valence-electron chi connectivity index (χ0n) is 10.5. The van der Waals surface area contributed by atoms with Crippen LogP contribution in [-0.4, -0.2) is 31.1 Å². The van der Waals surface area contributed by atoms with Crippen LogP contribution < -0.4 is 11.1 Å². The van der Waals surface area contributed by atoms with Crippen LogP contribution in [-0.2, 0) is 0 Å². The summed E-state index contributed by atoms with van der Waals surface area (Å²) in [5.41, 5.74) is 5.88. The van der Waals surface area contributed by atoms with Gasteiger partial charge in [-0.1, -0.05) is 11.8 Å². The van der Waals surface area contributed by atoms with E-state index in [1.165, 1.54) is 17.0 Å². The first kappa shape index (κ1) is 14.0. The molecule has 1 aromatic carbocycles. The highest BCUT2D eigenvalue weighted by atomic mass is 19.1. The van der Waals surface area contributed by atoms with Crippen molar-refractivity contribution in [3.05, 3.63) is 29.6 Å². The summed E-state index contributed by atoms with van der Waals surface area (Å²) in [7, 11) is 1.66. The molecule has 1 aromatic rings. The van der Waals surface area contributed by atoms with Gasteiger partial charge in [-0.15, -0.1) is 0 Å². The Balaban J connectivity index is 2.82. The summed E-state index contributed by atoms with van der Waals surface area (Å²) in [6.07, 6.45) is 0.